The predicted octanol–water partition coefficient (Wildman–Crippen LogP) is 4.51. The van der Waals surface area contributed by atoms with Crippen molar-refractivity contribution in [3.8, 4) is 0 Å². The van der Waals surface area contributed by atoms with Gasteiger partial charge in [0.15, 0.2) is 16.7 Å². The molecule has 154 valence electrons. The van der Waals surface area contributed by atoms with Gasteiger partial charge < -0.3 is 9.52 Å². The van der Waals surface area contributed by atoms with Gasteiger partial charge in [0.2, 0.25) is 5.78 Å². The van der Waals surface area contributed by atoms with Crippen LogP contribution in [0, 0.1) is 12.7 Å². The molecule has 31 heavy (non-hydrogen) atoms. The molecular formula is C22H14FN3O4S. The van der Waals surface area contributed by atoms with Crippen molar-refractivity contribution in [1.29, 1.82) is 0 Å². The van der Waals surface area contributed by atoms with Crippen LogP contribution in [0.25, 0.3) is 10.2 Å². The van der Waals surface area contributed by atoms with E-state index in [2.05, 4.69) is 9.97 Å². The van der Waals surface area contributed by atoms with Gasteiger partial charge in [0, 0.05) is 12.4 Å². The number of carbonyl (C=O) groups is 2. The first-order chi connectivity index (χ1) is 14.9. The van der Waals surface area contributed by atoms with Crippen LogP contribution in [0.3, 0.4) is 0 Å². The Morgan fingerprint density at radius 1 is 1.26 bits per heavy atom. The molecule has 1 aliphatic rings. The van der Waals surface area contributed by atoms with Crippen molar-refractivity contribution in [2.24, 2.45) is 0 Å². The third kappa shape index (κ3) is 3.10. The predicted molar refractivity (Wildman–Crippen MR) is 111 cm³/mol. The number of aliphatic hydroxyl groups is 1. The summed E-state index contributed by atoms with van der Waals surface area (Å²) in [5.41, 5.74) is 0.884. The molecule has 3 aromatic heterocycles. The first-order valence-corrected chi connectivity index (χ1v) is 10.1. The van der Waals surface area contributed by atoms with Gasteiger partial charge in [-0.2, -0.15) is 0 Å². The van der Waals surface area contributed by atoms with E-state index in [1.807, 2.05) is 0 Å². The molecule has 9 heteroatoms. The number of rotatable bonds is 4. The van der Waals surface area contributed by atoms with E-state index in [4.69, 9.17) is 4.42 Å². The van der Waals surface area contributed by atoms with Crippen molar-refractivity contribution in [2.75, 3.05) is 4.90 Å². The molecule has 0 spiro atoms. The van der Waals surface area contributed by atoms with E-state index in [1.165, 1.54) is 35.4 Å². The number of halogens is 1. The van der Waals surface area contributed by atoms with Crippen molar-refractivity contribution in [2.45, 2.75) is 13.0 Å². The van der Waals surface area contributed by atoms with Crippen molar-refractivity contribution >= 4 is 38.4 Å². The summed E-state index contributed by atoms with van der Waals surface area (Å²) in [5, 5.41) is 10.9. The maximum atomic E-state index is 13.6. The lowest BCUT2D eigenvalue weighted by atomic mass is 9.96. The van der Waals surface area contributed by atoms with Crippen LogP contribution in [-0.4, -0.2) is 26.8 Å². The Morgan fingerprint density at radius 2 is 2.10 bits per heavy atom. The summed E-state index contributed by atoms with van der Waals surface area (Å²) in [6.07, 6.45) is 3.07. The van der Waals surface area contributed by atoms with Gasteiger partial charge in [-0.1, -0.05) is 17.4 Å². The highest BCUT2D eigenvalue weighted by Crippen LogP contribution is 2.44. The molecule has 0 radical (unpaired) electrons. The van der Waals surface area contributed by atoms with Crippen LogP contribution >= 0.6 is 11.3 Å². The van der Waals surface area contributed by atoms with Gasteiger partial charge in [0.05, 0.1) is 21.8 Å². The van der Waals surface area contributed by atoms with E-state index >= 15 is 0 Å². The molecule has 1 amide bonds. The Labute approximate surface area is 179 Å². The largest absolute Gasteiger partial charge is 0.503 e. The quantitative estimate of drug-likeness (QED) is 0.474. The number of furan rings is 1. The second kappa shape index (κ2) is 7.13. The van der Waals surface area contributed by atoms with E-state index in [-0.39, 0.29) is 16.5 Å². The summed E-state index contributed by atoms with van der Waals surface area (Å²) in [4.78, 5) is 36.1. The average Bonchev–Trinajstić information content (AvgIpc) is 3.44. The molecule has 0 fully saturated rings. The zero-order chi connectivity index (χ0) is 21.7. The molecule has 0 saturated heterocycles. The SMILES string of the molecule is Cc1ccc(C(=O)C2=C(O)C(=O)N(c3nc4ccc(F)cc4s3)C2c2cccnc2)o1. The number of benzene rings is 1. The number of ketones is 1. The van der Waals surface area contributed by atoms with Gasteiger partial charge in [0.25, 0.3) is 5.91 Å². The first kappa shape index (κ1) is 19.1. The Bertz CT molecular complexity index is 1380. The number of hydrogen-bond donors (Lipinski definition) is 1. The van der Waals surface area contributed by atoms with Crippen molar-refractivity contribution in [3.63, 3.8) is 0 Å². The van der Waals surface area contributed by atoms with Crippen LogP contribution < -0.4 is 4.90 Å². The van der Waals surface area contributed by atoms with Crippen LogP contribution in [-0.2, 0) is 4.79 Å². The lowest BCUT2D eigenvalue weighted by molar-refractivity contribution is -0.117. The number of amides is 1. The molecule has 4 heterocycles. The number of thiazole rings is 1. The molecule has 5 rings (SSSR count). The zero-order valence-electron chi connectivity index (χ0n) is 16.1. The maximum Gasteiger partial charge on any atom is 0.296 e. The van der Waals surface area contributed by atoms with Gasteiger partial charge in [-0.05, 0) is 48.9 Å². The van der Waals surface area contributed by atoms with E-state index in [9.17, 15) is 19.1 Å². The van der Waals surface area contributed by atoms with Gasteiger partial charge in [-0.3, -0.25) is 19.5 Å². The number of Topliss-reactive ketones (excluding diaryl/α,β-unsaturated/α-hetero) is 1. The standard InChI is InChI=1S/C22H14FN3O4S/c1-11-4-7-15(30-11)19(27)17-18(12-3-2-8-24-10-12)26(21(29)20(17)28)22-25-14-6-5-13(23)9-16(14)31-22/h2-10,18,28H,1H3. The number of fused-ring (bicyclic) bond motifs is 1. The summed E-state index contributed by atoms with van der Waals surface area (Å²) >= 11 is 1.09. The van der Waals surface area contributed by atoms with Crippen molar-refractivity contribution in [1.82, 2.24) is 9.97 Å². The number of pyridine rings is 1. The van der Waals surface area contributed by atoms with Crippen molar-refractivity contribution < 1.29 is 23.5 Å². The lowest BCUT2D eigenvalue weighted by Gasteiger charge is -2.23. The minimum Gasteiger partial charge on any atom is -0.503 e. The van der Waals surface area contributed by atoms with E-state index in [0.29, 0.717) is 21.5 Å². The summed E-state index contributed by atoms with van der Waals surface area (Å²) in [6.45, 7) is 1.69. The van der Waals surface area contributed by atoms with Crippen LogP contribution in [0.2, 0.25) is 0 Å². The van der Waals surface area contributed by atoms with Crippen LogP contribution in [0.15, 0.2) is 70.6 Å². The van der Waals surface area contributed by atoms with Gasteiger partial charge in [-0.25, -0.2) is 9.37 Å². The molecule has 0 saturated carbocycles. The molecule has 1 atom stereocenters. The summed E-state index contributed by atoms with van der Waals surface area (Å²) in [7, 11) is 0. The zero-order valence-corrected chi connectivity index (χ0v) is 16.9. The van der Waals surface area contributed by atoms with E-state index in [0.717, 1.165) is 11.3 Å². The van der Waals surface area contributed by atoms with E-state index in [1.54, 1.807) is 31.3 Å². The van der Waals surface area contributed by atoms with Crippen molar-refractivity contribution in [3.05, 3.63) is 89.1 Å². The average molecular weight is 435 g/mol. The molecule has 1 unspecified atom stereocenters. The monoisotopic (exact) mass is 435 g/mol. The second-order valence-electron chi connectivity index (χ2n) is 6.97. The molecule has 4 aromatic rings. The maximum absolute atomic E-state index is 13.6. The van der Waals surface area contributed by atoms with Gasteiger partial charge >= 0.3 is 0 Å². The molecule has 1 aromatic carbocycles. The number of hydrogen-bond acceptors (Lipinski definition) is 7. The van der Waals surface area contributed by atoms with E-state index < -0.39 is 29.3 Å². The molecule has 1 aliphatic heterocycles. The normalized spacial score (nSPS) is 16.5. The highest BCUT2D eigenvalue weighted by atomic mass is 32.1. The van der Waals surface area contributed by atoms with Crippen LogP contribution in [0.4, 0.5) is 9.52 Å². The Morgan fingerprint density at radius 3 is 2.81 bits per heavy atom. The molecule has 1 N–H and O–H groups in total. The highest BCUT2D eigenvalue weighted by molar-refractivity contribution is 7.22. The smallest absolute Gasteiger partial charge is 0.296 e. The topological polar surface area (TPSA) is 96.5 Å². The van der Waals surface area contributed by atoms with Crippen LogP contribution in [0.5, 0.6) is 0 Å². The number of aryl methyl sites for hydroxylation is 1. The third-order valence-electron chi connectivity index (χ3n) is 4.96. The summed E-state index contributed by atoms with van der Waals surface area (Å²) in [5.74, 6) is -1.96. The molecule has 0 bridgehead atoms. The minimum absolute atomic E-state index is 0.00830. The van der Waals surface area contributed by atoms with Gasteiger partial charge in [0.1, 0.15) is 11.6 Å². The Kier molecular flexibility index (Phi) is 4.40. The fourth-order valence-corrected chi connectivity index (χ4v) is 4.58. The number of anilines is 1. The fraction of sp³-hybridized carbons (Fsp3) is 0.0909. The molecule has 7 nitrogen and oxygen atoms in total. The third-order valence-corrected chi connectivity index (χ3v) is 5.98. The lowest BCUT2D eigenvalue weighted by Crippen LogP contribution is -2.31. The number of nitrogens with zero attached hydrogens (tertiary/aromatic N) is 3. The Hall–Kier alpha value is -3.85. The first-order valence-electron chi connectivity index (χ1n) is 9.28. The highest BCUT2D eigenvalue weighted by Gasteiger charge is 2.46. The summed E-state index contributed by atoms with van der Waals surface area (Å²) in [6, 6.07) is 9.62. The second-order valence-corrected chi connectivity index (χ2v) is 7.98. The number of aromatic nitrogens is 2. The number of carbonyl (C=O) groups excluding carboxylic acids is 2. The molecule has 0 aliphatic carbocycles. The minimum atomic E-state index is -0.968. The molecular weight excluding hydrogens is 421 g/mol. The fourth-order valence-electron chi connectivity index (χ4n) is 3.57. The van der Waals surface area contributed by atoms with Gasteiger partial charge in [-0.15, -0.1) is 0 Å². The summed E-state index contributed by atoms with van der Waals surface area (Å²) < 4.78 is 19.6. The number of aliphatic hydroxyl groups excluding tert-OH is 1. The van der Waals surface area contributed by atoms with Crippen LogP contribution in [0.1, 0.15) is 27.9 Å². The Balaban J connectivity index is 1.67.